The van der Waals surface area contributed by atoms with Crippen LogP contribution >= 0.6 is 11.6 Å². The fourth-order valence-corrected chi connectivity index (χ4v) is 4.84. The van der Waals surface area contributed by atoms with Crippen molar-refractivity contribution >= 4 is 23.2 Å². The van der Waals surface area contributed by atoms with Crippen molar-refractivity contribution in [2.45, 2.75) is 18.9 Å². The molecule has 7 heteroatoms. The first-order valence-electron chi connectivity index (χ1n) is 11.1. The maximum absolute atomic E-state index is 12.7. The van der Waals surface area contributed by atoms with Crippen molar-refractivity contribution in [2.75, 3.05) is 57.3 Å². The van der Waals surface area contributed by atoms with Gasteiger partial charge in [0, 0.05) is 37.7 Å². The molecule has 0 radical (unpaired) electrons. The number of nitrogens with one attached hydrogen (secondary N) is 1. The number of phenolic OH excluding ortho intramolecular Hbond substituents is 1. The number of rotatable bonds is 7. The number of halogens is 1. The van der Waals surface area contributed by atoms with Gasteiger partial charge in [0.05, 0.1) is 18.3 Å². The molecule has 31 heavy (non-hydrogen) atoms. The van der Waals surface area contributed by atoms with Gasteiger partial charge in [-0.15, -0.1) is 0 Å². The van der Waals surface area contributed by atoms with Crippen LogP contribution < -0.4 is 10.2 Å². The molecule has 1 unspecified atom stereocenters. The summed E-state index contributed by atoms with van der Waals surface area (Å²) in [6.45, 7) is 6.22. The van der Waals surface area contributed by atoms with E-state index in [4.69, 9.17) is 11.6 Å². The van der Waals surface area contributed by atoms with E-state index in [-0.39, 0.29) is 11.9 Å². The topological polar surface area (TPSA) is 59.1 Å². The summed E-state index contributed by atoms with van der Waals surface area (Å²) < 4.78 is 0. The van der Waals surface area contributed by atoms with Crippen LogP contribution in [0.4, 0.5) is 5.69 Å². The second-order valence-electron chi connectivity index (χ2n) is 8.34. The Morgan fingerprint density at radius 2 is 1.65 bits per heavy atom. The van der Waals surface area contributed by atoms with Crippen LogP contribution in [0, 0.1) is 0 Å². The third-order valence-electron chi connectivity index (χ3n) is 6.30. The molecule has 1 atom stereocenters. The largest absolute Gasteiger partial charge is 0.506 e. The predicted molar refractivity (Wildman–Crippen MR) is 125 cm³/mol. The third kappa shape index (κ3) is 5.50. The molecule has 0 aromatic heterocycles. The van der Waals surface area contributed by atoms with Gasteiger partial charge in [-0.05, 0) is 49.7 Å². The molecule has 1 amide bonds. The molecule has 2 aliphatic heterocycles. The van der Waals surface area contributed by atoms with Gasteiger partial charge >= 0.3 is 0 Å². The van der Waals surface area contributed by atoms with Crippen LogP contribution in [-0.2, 0) is 4.79 Å². The van der Waals surface area contributed by atoms with E-state index in [1.165, 1.54) is 12.8 Å². The maximum Gasteiger partial charge on any atom is 0.234 e. The monoisotopic (exact) mass is 442 g/mol. The first-order chi connectivity index (χ1) is 15.1. The molecule has 0 aliphatic carbocycles. The van der Waals surface area contributed by atoms with Crippen LogP contribution in [0.2, 0.25) is 5.02 Å². The number of phenols is 1. The minimum Gasteiger partial charge on any atom is -0.506 e. The summed E-state index contributed by atoms with van der Waals surface area (Å²) in [4.78, 5) is 19.5. The Labute approximate surface area is 189 Å². The van der Waals surface area contributed by atoms with Crippen LogP contribution in [0.5, 0.6) is 5.75 Å². The zero-order chi connectivity index (χ0) is 21.6. The van der Waals surface area contributed by atoms with E-state index >= 15 is 0 Å². The number of carbonyl (C=O) groups excluding carboxylic acids is 1. The zero-order valence-electron chi connectivity index (χ0n) is 17.8. The van der Waals surface area contributed by atoms with E-state index in [0.717, 1.165) is 55.5 Å². The van der Waals surface area contributed by atoms with Crippen molar-refractivity contribution in [3.8, 4) is 5.75 Å². The lowest BCUT2D eigenvalue weighted by Crippen LogP contribution is -2.50. The fraction of sp³-hybridized carbons (Fsp3) is 0.458. The van der Waals surface area contributed by atoms with Crippen LogP contribution in [0.1, 0.15) is 24.4 Å². The molecule has 0 spiro atoms. The molecule has 2 heterocycles. The number of aromatic hydroxyl groups is 1. The van der Waals surface area contributed by atoms with Crippen LogP contribution in [-0.4, -0.2) is 73.2 Å². The van der Waals surface area contributed by atoms with Gasteiger partial charge in [-0.25, -0.2) is 0 Å². The highest BCUT2D eigenvalue weighted by atomic mass is 35.5. The number of carbonyl (C=O) groups is 1. The van der Waals surface area contributed by atoms with Crippen LogP contribution in [0.3, 0.4) is 0 Å². The average molecular weight is 443 g/mol. The molecular weight excluding hydrogens is 412 g/mol. The van der Waals surface area contributed by atoms with E-state index in [1.807, 2.05) is 36.4 Å². The molecule has 0 saturated carbocycles. The Balaban J connectivity index is 1.29. The molecule has 2 aliphatic rings. The zero-order valence-corrected chi connectivity index (χ0v) is 18.6. The molecule has 6 nitrogen and oxygen atoms in total. The van der Waals surface area contributed by atoms with Gasteiger partial charge < -0.3 is 15.3 Å². The summed E-state index contributed by atoms with van der Waals surface area (Å²) in [5.41, 5.74) is 1.95. The minimum absolute atomic E-state index is 0.0484. The maximum atomic E-state index is 12.7. The summed E-state index contributed by atoms with van der Waals surface area (Å²) in [5.74, 6) is 0.355. The highest BCUT2D eigenvalue weighted by Crippen LogP contribution is 2.30. The van der Waals surface area contributed by atoms with E-state index in [2.05, 4.69) is 26.1 Å². The molecular formula is C24H31ClN4O2. The highest BCUT2D eigenvalue weighted by molar-refractivity contribution is 6.31. The summed E-state index contributed by atoms with van der Waals surface area (Å²) in [6, 6.07) is 15.5. The summed E-state index contributed by atoms with van der Waals surface area (Å²) in [5, 5.41) is 14.0. The van der Waals surface area contributed by atoms with E-state index in [0.29, 0.717) is 18.8 Å². The second kappa shape index (κ2) is 10.4. The molecule has 166 valence electrons. The fourth-order valence-electron chi connectivity index (χ4n) is 4.58. The van der Waals surface area contributed by atoms with Gasteiger partial charge in [0.25, 0.3) is 0 Å². The molecule has 2 N–H and O–H groups in total. The van der Waals surface area contributed by atoms with Crippen molar-refractivity contribution < 1.29 is 9.90 Å². The number of nitrogens with zero attached hydrogens (tertiary/aromatic N) is 3. The van der Waals surface area contributed by atoms with Crippen molar-refractivity contribution in [1.82, 2.24) is 15.1 Å². The van der Waals surface area contributed by atoms with Crippen molar-refractivity contribution in [2.24, 2.45) is 0 Å². The first kappa shape index (κ1) is 21.9. The number of anilines is 1. The molecule has 0 bridgehead atoms. The third-order valence-corrected chi connectivity index (χ3v) is 6.64. The SMILES string of the molecule is O=C(CN1CCN(c2ccccc2O)CC1)NCC(c1ccccc1Cl)N1CCCC1. The number of hydrogen-bond acceptors (Lipinski definition) is 5. The Hall–Kier alpha value is -2.28. The first-order valence-corrected chi connectivity index (χ1v) is 11.5. The number of piperazine rings is 1. The Morgan fingerprint density at radius 1 is 0.968 bits per heavy atom. The smallest absolute Gasteiger partial charge is 0.234 e. The van der Waals surface area contributed by atoms with Crippen molar-refractivity contribution in [3.05, 3.63) is 59.1 Å². The molecule has 2 fully saturated rings. The molecule has 2 aromatic carbocycles. The minimum atomic E-state index is 0.0484. The summed E-state index contributed by atoms with van der Waals surface area (Å²) in [7, 11) is 0. The van der Waals surface area contributed by atoms with Gasteiger partial charge in [-0.2, -0.15) is 0 Å². The number of para-hydroxylation sites is 2. The van der Waals surface area contributed by atoms with Gasteiger partial charge in [-0.1, -0.05) is 41.9 Å². The highest BCUT2D eigenvalue weighted by Gasteiger charge is 2.26. The molecule has 4 rings (SSSR count). The lowest BCUT2D eigenvalue weighted by Gasteiger charge is -2.36. The quantitative estimate of drug-likeness (QED) is 0.690. The van der Waals surface area contributed by atoms with E-state index < -0.39 is 0 Å². The van der Waals surface area contributed by atoms with Crippen LogP contribution in [0.25, 0.3) is 0 Å². The van der Waals surface area contributed by atoms with Crippen molar-refractivity contribution in [3.63, 3.8) is 0 Å². The van der Waals surface area contributed by atoms with Gasteiger partial charge in [0.15, 0.2) is 0 Å². The van der Waals surface area contributed by atoms with Gasteiger partial charge in [-0.3, -0.25) is 14.6 Å². The normalized spacial score (nSPS) is 18.8. The average Bonchev–Trinajstić information content (AvgIpc) is 3.31. The number of likely N-dealkylation sites (tertiary alicyclic amines) is 1. The predicted octanol–water partition coefficient (Wildman–Crippen LogP) is 3.12. The van der Waals surface area contributed by atoms with Crippen LogP contribution in [0.15, 0.2) is 48.5 Å². The van der Waals surface area contributed by atoms with E-state index in [1.54, 1.807) is 6.07 Å². The standard InChI is InChI=1S/C24H31ClN4O2/c25-20-8-2-1-7-19(20)22(28-11-5-6-12-28)17-26-24(31)18-27-13-15-29(16-14-27)21-9-3-4-10-23(21)30/h1-4,7-10,22,30H,5-6,11-18H2,(H,26,31). The van der Waals surface area contributed by atoms with Gasteiger partial charge in [0.1, 0.15) is 5.75 Å². The lowest BCUT2D eigenvalue weighted by molar-refractivity contribution is -0.122. The molecule has 2 saturated heterocycles. The summed E-state index contributed by atoms with van der Waals surface area (Å²) >= 11 is 6.47. The Kier molecular flexibility index (Phi) is 7.33. The number of benzene rings is 2. The number of amides is 1. The Bertz CT molecular complexity index is 879. The van der Waals surface area contributed by atoms with Gasteiger partial charge in [0.2, 0.25) is 5.91 Å². The van der Waals surface area contributed by atoms with E-state index in [9.17, 15) is 9.90 Å². The molecule has 2 aromatic rings. The summed E-state index contributed by atoms with van der Waals surface area (Å²) in [6.07, 6.45) is 2.38. The Morgan fingerprint density at radius 3 is 2.35 bits per heavy atom. The van der Waals surface area contributed by atoms with Crippen molar-refractivity contribution in [1.29, 1.82) is 0 Å². The number of hydrogen-bond donors (Lipinski definition) is 2. The lowest BCUT2D eigenvalue weighted by atomic mass is 10.1. The second-order valence-corrected chi connectivity index (χ2v) is 8.74.